The molecule has 0 saturated carbocycles. The number of anilines is 2. The molecule has 0 aliphatic rings. The number of benzene rings is 2. The molecule has 0 saturated heterocycles. The smallest absolute Gasteiger partial charge is 0.227 e. The molecule has 2 heterocycles. The van der Waals surface area contributed by atoms with Crippen LogP contribution >= 0.6 is 0 Å². The van der Waals surface area contributed by atoms with Crippen LogP contribution in [0.1, 0.15) is 42.6 Å². The third-order valence-electron chi connectivity index (χ3n) is 6.70. The van der Waals surface area contributed by atoms with E-state index >= 15 is 0 Å². The fourth-order valence-corrected chi connectivity index (χ4v) is 4.57. The van der Waals surface area contributed by atoms with Gasteiger partial charge in [0.25, 0.3) is 0 Å². The summed E-state index contributed by atoms with van der Waals surface area (Å²) in [6, 6.07) is 18.3. The molecule has 2 amide bonds. The van der Waals surface area contributed by atoms with Crippen molar-refractivity contribution in [1.82, 2.24) is 19.5 Å². The van der Waals surface area contributed by atoms with Crippen LogP contribution in [0.25, 0.3) is 16.9 Å². The number of nitriles is 1. The Morgan fingerprint density at radius 1 is 0.929 bits per heavy atom. The molecule has 0 aliphatic carbocycles. The Balaban J connectivity index is 1.46. The van der Waals surface area contributed by atoms with Crippen LogP contribution in [-0.4, -0.2) is 64.3 Å². The lowest BCUT2D eigenvalue weighted by Gasteiger charge is -2.24. The predicted molar refractivity (Wildman–Crippen MR) is 162 cm³/mol. The van der Waals surface area contributed by atoms with Gasteiger partial charge < -0.3 is 14.7 Å². The number of allylic oxidation sites excluding steroid dienone is 1. The molecule has 0 aliphatic heterocycles. The number of hydrogen-bond acceptors (Lipinski definition) is 7. The van der Waals surface area contributed by atoms with Crippen LogP contribution in [0.3, 0.4) is 0 Å². The van der Waals surface area contributed by atoms with Crippen molar-refractivity contribution in [3.63, 3.8) is 0 Å². The minimum absolute atomic E-state index is 0.0257. The molecule has 2 aromatic carbocycles. The van der Waals surface area contributed by atoms with Crippen LogP contribution in [0.15, 0.2) is 79.3 Å². The second-order valence-corrected chi connectivity index (χ2v) is 9.77. The van der Waals surface area contributed by atoms with Crippen molar-refractivity contribution >= 4 is 34.6 Å². The molecular weight excluding hydrogens is 530 g/mol. The fraction of sp³-hybridized carbons (Fsp3) is 0.250. The molecule has 0 N–H and O–H groups in total. The maximum absolute atomic E-state index is 13.3. The molecule has 10 heteroatoms. The Bertz CT molecular complexity index is 1680. The normalized spacial score (nSPS) is 10.9. The van der Waals surface area contributed by atoms with Crippen molar-refractivity contribution in [2.75, 3.05) is 37.0 Å². The van der Waals surface area contributed by atoms with E-state index in [1.807, 2.05) is 52.2 Å². The Labute approximate surface area is 245 Å². The van der Waals surface area contributed by atoms with Gasteiger partial charge in [-0.15, -0.1) is 0 Å². The van der Waals surface area contributed by atoms with Crippen molar-refractivity contribution < 1.29 is 14.4 Å². The Morgan fingerprint density at radius 3 is 2.19 bits per heavy atom. The molecule has 4 aromatic rings. The van der Waals surface area contributed by atoms with Crippen LogP contribution in [0.5, 0.6) is 0 Å². The van der Waals surface area contributed by atoms with Gasteiger partial charge in [0.1, 0.15) is 11.6 Å². The number of carbonyl (C=O) groups is 3. The van der Waals surface area contributed by atoms with Crippen molar-refractivity contribution in [3.05, 3.63) is 90.4 Å². The fourth-order valence-electron chi connectivity index (χ4n) is 4.57. The molecule has 2 aromatic heterocycles. The van der Waals surface area contributed by atoms with Gasteiger partial charge in [-0.25, -0.2) is 9.50 Å². The Kier molecular flexibility index (Phi) is 9.45. The highest BCUT2D eigenvalue weighted by molar-refractivity contribution is 6.06. The number of aromatic nitrogens is 3. The third-order valence-corrected chi connectivity index (χ3v) is 6.70. The maximum Gasteiger partial charge on any atom is 0.227 e. The highest BCUT2D eigenvalue weighted by Crippen LogP contribution is 2.25. The van der Waals surface area contributed by atoms with E-state index in [1.165, 1.54) is 12.3 Å². The number of carbonyl (C=O) groups excluding carboxylic acids is 3. The summed E-state index contributed by atoms with van der Waals surface area (Å²) in [5.74, 6) is -0.533. The van der Waals surface area contributed by atoms with Gasteiger partial charge in [-0.2, -0.15) is 10.4 Å². The number of nitrogens with zero attached hydrogens (tertiary/aromatic N) is 7. The van der Waals surface area contributed by atoms with Gasteiger partial charge in [0.05, 0.1) is 11.9 Å². The molecule has 0 atom stereocenters. The first-order valence-electron chi connectivity index (χ1n) is 13.7. The summed E-state index contributed by atoms with van der Waals surface area (Å²) in [4.78, 5) is 48.7. The van der Waals surface area contributed by atoms with E-state index in [1.54, 1.807) is 61.9 Å². The largest absolute Gasteiger partial charge is 0.383 e. The molecule has 0 fully saturated rings. The molecular formula is C32H33N7O3. The van der Waals surface area contributed by atoms with Crippen LogP contribution in [0.4, 0.5) is 11.4 Å². The van der Waals surface area contributed by atoms with Crippen molar-refractivity contribution in [1.29, 1.82) is 5.26 Å². The summed E-state index contributed by atoms with van der Waals surface area (Å²) in [5, 5.41) is 13.5. The molecule has 0 radical (unpaired) electrons. The monoisotopic (exact) mass is 563 g/mol. The molecule has 214 valence electrons. The van der Waals surface area contributed by atoms with Gasteiger partial charge in [0.15, 0.2) is 11.4 Å². The number of fused-ring (bicyclic) bond motifs is 1. The average molecular weight is 564 g/mol. The van der Waals surface area contributed by atoms with Crippen LogP contribution in [0, 0.1) is 11.3 Å². The standard InChI is InChI=1S/C32H33N7O3/c1-5-37(26-11-7-9-23(19-26)28-15-18-39-32(35-28)25(21-33)22-34-39)30(41)13-14-31(42)38(6-2)27-12-8-10-24(20-27)29(40)16-17-36(3)4/h7-12,15-20,22H,5-6,13-14H2,1-4H3. The van der Waals surface area contributed by atoms with Crippen LogP contribution in [-0.2, 0) is 9.59 Å². The molecule has 4 rings (SSSR count). The van der Waals surface area contributed by atoms with E-state index in [0.717, 1.165) is 5.56 Å². The summed E-state index contributed by atoms with van der Waals surface area (Å²) in [7, 11) is 3.67. The zero-order chi connectivity index (χ0) is 30.2. The Hall–Kier alpha value is -5.30. The first-order valence-corrected chi connectivity index (χ1v) is 13.7. The van der Waals surface area contributed by atoms with Gasteiger partial charge in [-0.1, -0.05) is 24.3 Å². The van der Waals surface area contributed by atoms with E-state index in [-0.39, 0.29) is 30.4 Å². The van der Waals surface area contributed by atoms with Crippen molar-refractivity contribution in [3.8, 4) is 17.3 Å². The molecule has 0 bridgehead atoms. The van der Waals surface area contributed by atoms with E-state index in [9.17, 15) is 19.6 Å². The third kappa shape index (κ3) is 6.70. The highest BCUT2D eigenvalue weighted by atomic mass is 16.2. The summed E-state index contributed by atoms with van der Waals surface area (Å²) < 4.78 is 1.54. The molecule has 42 heavy (non-hydrogen) atoms. The van der Waals surface area contributed by atoms with E-state index < -0.39 is 0 Å². The molecule has 0 unspecified atom stereocenters. The predicted octanol–water partition coefficient (Wildman–Crippen LogP) is 4.71. The lowest BCUT2D eigenvalue weighted by molar-refractivity contribution is -0.123. The SMILES string of the molecule is CCN(C(=O)CCC(=O)N(CC)c1cccc(-c2ccn3ncc(C#N)c3n2)c1)c1cccc(C(=O)C=CN(C)C)c1. The zero-order valence-corrected chi connectivity index (χ0v) is 24.2. The minimum Gasteiger partial charge on any atom is -0.383 e. The maximum atomic E-state index is 13.3. The van der Waals surface area contributed by atoms with Crippen LogP contribution < -0.4 is 9.80 Å². The number of amides is 2. The lowest BCUT2D eigenvalue weighted by Crippen LogP contribution is -2.34. The van der Waals surface area contributed by atoms with E-state index in [0.29, 0.717) is 46.9 Å². The summed E-state index contributed by atoms with van der Waals surface area (Å²) >= 11 is 0. The molecule has 10 nitrogen and oxygen atoms in total. The Morgan fingerprint density at radius 2 is 1.57 bits per heavy atom. The van der Waals surface area contributed by atoms with Gasteiger partial charge in [-0.05, 0) is 44.2 Å². The molecule has 0 spiro atoms. The van der Waals surface area contributed by atoms with Crippen LogP contribution in [0.2, 0.25) is 0 Å². The van der Waals surface area contributed by atoms with Crippen molar-refractivity contribution in [2.45, 2.75) is 26.7 Å². The quantitative estimate of drug-likeness (QED) is 0.192. The zero-order valence-electron chi connectivity index (χ0n) is 24.2. The average Bonchev–Trinajstić information content (AvgIpc) is 3.42. The number of ketones is 1. The highest BCUT2D eigenvalue weighted by Gasteiger charge is 2.20. The summed E-state index contributed by atoms with van der Waals surface area (Å²) in [6.45, 7) is 4.57. The second-order valence-electron chi connectivity index (χ2n) is 9.77. The summed E-state index contributed by atoms with van der Waals surface area (Å²) in [6.07, 6.45) is 6.44. The topological polar surface area (TPSA) is 115 Å². The first kappa shape index (κ1) is 29.7. The number of hydrogen-bond donors (Lipinski definition) is 0. The van der Waals surface area contributed by atoms with Gasteiger partial charge in [0, 0.05) is 81.0 Å². The van der Waals surface area contributed by atoms with E-state index in [2.05, 4.69) is 16.2 Å². The van der Waals surface area contributed by atoms with Gasteiger partial charge in [0.2, 0.25) is 11.8 Å². The lowest BCUT2D eigenvalue weighted by atomic mass is 10.1. The summed E-state index contributed by atoms with van der Waals surface area (Å²) in [5.41, 5.74) is 4.06. The van der Waals surface area contributed by atoms with E-state index in [4.69, 9.17) is 0 Å². The van der Waals surface area contributed by atoms with Gasteiger partial charge >= 0.3 is 0 Å². The minimum atomic E-state index is -0.198. The first-order chi connectivity index (χ1) is 20.2. The van der Waals surface area contributed by atoms with Gasteiger partial charge in [-0.3, -0.25) is 14.4 Å². The van der Waals surface area contributed by atoms with Crippen molar-refractivity contribution in [2.24, 2.45) is 0 Å². The number of rotatable bonds is 11. The second kappa shape index (κ2) is 13.4.